The van der Waals surface area contributed by atoms with Crippen LogP contribution in [0.2, 0.25) is 0 Å². The number of rotatable bonds is 4. The van der Waals surface area contributed by atoms with Crippen molar-refractivity contribution in [1.82, 2.24) is 4.98 Å². The molecule has 3 aliphatic rings. The van der Waals surface area contributed by atoms with Crippen molar-refractivity contribution in [3.05, 3.63) is 28.4 Å². The van der Waals surface area contributed by atoms with Crippen LogP contribution in [0.5, 0.6) is 0 Å². The fourth-order valence-corrected chi connectivity index (χ4v) is 4.97. The van der Waals surface area contributed by atoms with Crippen molar-refractivity contribution in [3.8, 4) is 0 Å². The molecule has 4 atom stereocenters. The summed E-state index contributed by atoms with van der Waals surface area (Å²) in [5.74, 6) is 0.724. The molecular formula is C16H19N3O4. The molecule has 2 aliphatic carbocycles. The number of pyridine rings is 1. The molecule has 122 valence electrons. The number of carbonyl (C=O) groups is 1. The third-order valence-corrected chi connectivity index (χ3v) is 5.92. The third kappa shape index (κ3) is 1.76. The van der Waals surface area contributed by atoms with Crippen LogP contribution in [-0.4, -0.2) is 34.6 Å². The van der Waals surface area contributed by atoms with Gasteiger partial charge in [0.2, 0.25) is 0 Å². The smallest absolute Gasteiger partial charge is 0.309 e. The van der Waals surface area contributed by atoms with Crippen molar-refractivity contribution in [2.45, 2.75) is 44.7 Å². The summed E-state index contributed by atoms with van der Waals surface area (Å²) in [6.45, 7) is 2.27. The van der Waals surface area contributed by atoms with Gasteiger partial charge < -0.3 is 9.64 Å². The number of aromatic nitrogens is 1. The number of hydrogen-bond donors (Lipinski definition) is 0. The Hall–Kier alpha value is -2.18. The molecule has 23 heavy (non-hydrogen) atoms. The van der Waals surface area contributed by atoms with Crippen LogP contribution in [-0.2, 0) is 9.53 Å². The SMILES string of the molecule is CCOC(=O)C1CCC2N(c3ccc([N+](=O)[O-])cn3)C3CCC123. The van der Waals surface area contributed by atoms with E-state index < -0.39 is 4.92 Å². The summed E-state index contributed by atoms with van der Waals surface area (Å²) in [4.78, 5) is 29.1. The lowest BCUT2D eigenvalue weighted by Crippen LogP contribution is -2.77. The van der Waals surface area contributed by atoms with Crippen LogP contribution in [0, 0.1) is 21.4 Å². The second kappa shape index (κ2) is 4.91. The van der Waals surface area contributed by atoms with Gasteiger partial charge in [0, 0.05) is 23.6 Å². The Morgan fingerprint density at radius 3 is 2.78 bits per heavy atom. The average molecular weight is 317 g/mol. The minimum absolute atomic E-state index is 0.000461. The molecule has 7 heteroatoms. The number of anilines is 1. The van der Waals surface area contributed by atoms with Crippen molar-refractivity contribution in [3.63, 3.8) is 0 Å². The van der Waals surface area contributed by atoms with E-state index in [1.165, 1.54) is 12.3 Å². The molecule has 0 bridgehead atoms. The monoisotopic (exact) mass is 317 g/mol. The van der Waals surface area contributed by atoms with E-state index in [0.29, 0.717) is 18.7 Å². The maximum Gasteiger partial charge on any atom is 0.309 e. The van der Waals surface area contributed by atoms with E-state index in [9.17, 15) is 14.9 Å². The first-order valence-corrected chi connectivity index (χ1v) is 8.15. The van der Waals surface area contributed by atoms with Gasteiger partial charge in [0.05, 0.1) is 17.4 Å². The Kier molecular flexibility index (Phi) is 3.08. The molecule has 0 N–H and O–H groups in total. The molecule has 2 heterocycles. The molecule has 2 saturated carbocycles. The van der Waals surface area contributed by atoms with Gasteiger partial charge >= 0.3 is 5.97 Å². The Labute approximate surface area is 133 Å². The molecule has 0 amide bonds. The number of hydrogen-bond acceptors (Lipinski definition) is 6. The lowest BCUT2D eigenvalue weighted by molar-refractivity contribution is -0.385. The molecule has 3 fully saturated rings. The molecule has 0 radical (unpaired) electrons. The van der Waals surface area contributed by atoms with E-state index in [4.69, 9.17) is 4.74 Å². The quantitative estimate of drug-likeness (QED) is 0.481. The van der Waals surface area contributed by atoms with Gasteiger partial charge in [-0.05, 0) is 38.7 Å². The molecule has 0 aromatic carbocycles. The van der Waals surface area contributed by atoms with Crippen LogP contribution in [0.1, 0.15) is 32.6 Å². The van der Waals surface area contributed by atoms with E-state index in [1.54, 1.807) is 6.07 Å². The van der Waals surface area contributed by atoms with Crippen molar-refractivity contribution in [2.75, 3.05) is 11.5 Å². The number of piperidine rings is 1. The lowest BCUT2D eigenvalue weighted by Gasteiger charge is -2.70. The first-order valence-electron chi connectivity index (χ1n) is 8.15. The zero-order valence-corrected chi connectivity index (χ0v) is 13.0. The second-order valence-corrected chi connectivity index (χ2v) is 6.60. The Balaban J connectivity index is 1.57. The van der Waals surface area contributed by atoms with E-state index in [0.717, 1.165) is 31.5 Å². The summed E-state index contributed by atoms with van der Waals surface area (Å²) in [5.41, 5.74) is 0.0559. The highest BCUT2D eigenvalue weighted by Gasteiger charge is 2.73. The zero-order valence-electron chi connectivity index (χ0n) is 13.0. The maximum atomic E-state index is 12.3. The summed E-state index contributed by atoms with van der Waals surface area (Å²) in [6.07, 6.45) is 5.24. The molecule has 4 rings (SSSR count). The van der Waals surface area contributed by atoms with Crippen LogP contribution in [0.4, 0.5) is 11.5 Å². The fourth-order valence-electron chi connectivity index (χ4n) is 4.97. The summed E-state index contributed by atoms with van der Waals surface area (Å²) < 4.78 is 5.26. The van der Waals surface area contributed by atoms with Gasteiger partial charge in [-0.25, -0.2) is 4.98 Å². The van der Waals surface area contributed by atoms with Gasteiger partial charge in [0.15, 0.2) is 0 Å². The summed E-state index contributed by atoms with van der Waals surface area (Å²) >= 11 is 0. The number of carbonyl (C=O) groups excluding carboxylic acids is 1. The van der Waals surface area contributed by atoms with Crippen molar-refractivity contribution in [1.29, 1.82) is 0 Å². The molecular weight excluding hydrogens is 298 g/mol. The molecule has 1 aromatic heterocycles. The first kappa shape index (κ1) is 14.4. The zero-order chi connectivity index (χ0) is 16.2. The predicted molar refractivity (Wildman–Crippen MR) is 82.0 cm³/mol. The van der Waals surface area contributed by atoms with E-state index in [2.05, 4.69) is 9.88 Å². The summed E-state index contributed by atoms with van der Waals surface area (Å²) in [5, 5.41) is 10.8. The molecule has 4 unspecified atom stereocenters. The minimum atomic E-state index is -0.438. The van der Waals surface area contributed by atoms with Crippen LogP contribution in [0.15, 0.2) is 18.3 Å². The van der Waals surface area contributed by atoms with Gasteiger partial charge in [0.25, 0.3) is 5.69 Å². The molecule has 1 saturated heterocycles. The topological polar surface area (TPSA) is 85.6 Å². The number of ether oxygens (including phenoxy) is 1. The number of nitrogens with zero attached hydrogens (tertiary/aromatic N) is 3. The Morgan fingerprint density at radius 2 is 2.22 bits per heavy atom. The first-order chi connectivity index (χ1) is 11.1. The van der Waals surface area contributed by atoms with Gasteiger partial charge in [-0.2, -0.15) is 0 Å². The van der Waals surface area contributed by atoms with Crippen LogP contribution in [0.3, 0.4) is 0 Å². The maximum absolute atomic E-state index is 12.3. The highest BCUT2D eigenvalue weighted by molar-refractivity contribution is 5.76. The molecule has 1 aliphatic heterocycles. The van der Waals surface area contributed by atoms with Crippen molar-refractivity contribution < 1.29 is 14.5 Å². The van der Waals surface area contributed by atoms with Gasteiger partial charge in [-0.15, -0.1) is 0 Å². The standard InChI is InChI=1S/C16H19N3O4/c1-2-23-15(20)11-4-5-12-16(11)8-7-13(16)18(12)14-6-3-10(9-17-14)19(21)22/h3,6,9,11-13H,2,4-5,7-8H2,1H3. The summed E-state index contributed by atoms with van der Waals surface area (Å²) in [7, 11) is 0. The van der Waals surface area contributed by atoms with Crippen LogP contribution in [0.25, 0.3) is 0 Å². The Bertz CT molecular complexity index is 662. The van der Waals surface area contributed by atoms with Gasteiger partial charge in [-0.3, -0.25) is 14.9 Å². The average Bonchev–Trinajstić information content (AvgIpc) is 2.91. The second-order valence-electron chi connectivity index (χ2n) is 6.60. The van der Waals surface area contributed by atoms with Gasteiger partial charge in [-0.1, -0.05) is 0 Å². The fraction of sp³-hybridized carbons (Fsp3) is 0.625. The Morgan fingerprint density at radius 1 is 1.43 bits per heavy atom. The van der Waals surface area contributed by atoms with E-state index in [-0.39, 0.29) is 23.0 Å². The largest absolute Gasteiger partial charge is 0.466 e. The predicted octanol–water partition coefficient (Wildman–Crippen LogP) is 2.30. The van der Waals surface area contributed by atoms with Crippen LogP contribution >= 0.6 is 0 Å². The minimum Gasteiger partial charge on any atom is -0.466 e. The van der Waals surface area contributed by atoms with Crippen molar-refractivity contribution >= 4 is 17.5 Å². The van der Waals surface area contributed by atoms with Crippen molar-refractivity contribution in [2.24, 2.45) is 11.3 Å². The van der Waals surface area contributed by atoms with Gasteiger partial charge in [0.1, 0.15) is 12.0 Å². The van der Waals surface area contributed by atoms with E-state index in [1.807, 2.05) is 6.92 Å². The number of nitro groups is 1. The molecule has 1 aromatic rings. The highest BCUT2D eigenvalue weighted by Crippen LogP contribution is 2.68. The normalized spacial score (nSPS) is 34.0. The third-order valence-electron chi connectivity index (χ3n) is 5.92. The van der Waals surface area contributed by atoms with E-state index >= 15 is 0 Å². The summed E-state index contributed by atoms with van der Waals surface area (Å²) in [6, 6.07) is 3.85. The lowest BCUT2D eigenvalue weighted by atomic mass is 9.50. The van der Waals surface area contributed by atoms with Crippen LogP contribution < -0.4 is 4.90 Å². The molecule has 7 nitrogen and oxygen atoms in total. The number of esters is 1. The highest BCUT2D eigenvalue weighted by atomic mass is 16.6. The molecule has 1 spiro atoms.